The highest BCUT2D eigenvalue weighted by atomic mass is 32.1. The van der Waals surface area contributed by atoms with E-state index in [0.717, 1.165) is 5.56 Å². The molecule has 1 rings (SSSR count). The molecule has 0 aliphatic carbocycles. The standard InChI is InChI=1S/C13H19N3OS/c1-8(2)14-13(18)16-15-10(4)11-7-9(3)5-6-12(11)17/h5-8,17H,1-4H3,(H2,14,16,18)/b15-10+. The van der Waals surface area contributed by atoms with Crippen molar-refractivity contribution in [3.63, 3.8) is 0 Å². The number of phenolic OH excluding ortho intramolecular Hbond substituents is 1. The monoisotopic (exact) mass is 265 g/mol. The Kier molecular flexibility index (Phi) is 5.09. The average Bonchev–Trinajstić information content (AvgIpc) is 2.28. The maximum Gasteiger partial charge on any atom is 0.187 e. The molecule has 0 heterocycles. The molecule has 0 amide bonds. The van der Waals surface area contributed by atoms with Gasteiger partial charge in [0.2, 0.25) is 0 Å². The van der Waals surface area contributed by atoms with Crippen LogP contribution in [0.15, 0.2) is 23.3 Å². The van der Waals surface area contributed by atoms with E-state index in [1.807, 2.05) is 39.8 Å². The molecule has 0 unspecified atom stereocenters. The first-order chi connectivity index (χ1) is 8.40. The molecule has 0 spiro atoms. The van der Waals surface area contributed by atoms with Gasteiger partial charge in [0.15, 0.2) is 5.11 Å². The van der Waals surface area contributed by atoms with Crippen molar-refractivity contribution in [2.45, 2.75) is 33.7 Å². The highest BCUT2D eigenvalue weighted by molar-refractivity contribution is 7.80. The Bertz CT molecular complexity index is 469. The van der Waals surface area contributed by atoms with Crippen LogP contribution in [0.4, 0.5) is 0 Å². The van der Waals surface area contributed by atoms with Gasteiger partial charge in [0, 0.05) is 11.6 Å². The van der Waals surface area contributed by atoms with Crippen LogP contribution in [-0.4, -0.2) is 22.0 Å². The normalized spacial score (nSPS) is 11.5. The van der Waals surface area contributed by atoms with E-state index in [0.29, 0.717) is 16.4 Å². The number of hydrazone groups is 1. The number of hydrogen-bond acceptors (Lipinski definition) is 3. The summed E-state index contributed by atoms with van der Waals surface area (Å²) in [4.78, 5) is 0. The number of rotatable bonds is 3. The summed E-state index contributed by atoms with van der Waals surface area (Å²) in [7, 11) is 0. The Labute approximate surface area is 113 Å². The predicted octanol–water partition coefficient (Wildman–Crippen LogP) is 2.30. The van der Waals surface area contributed by atoms with Crippen molar-refractivity contribution >= 4 is 23.0 Å². The lowest BCUT2D eigenvalue weighted by atomic mass is 10.1. The summed E-state index contributed by atoms with van der Waals surface area (Å²) in [5, 5.41) is 17.4. The summed E-state index contributed by atoms with van der Waals surface area (Å²) in [6, 6.07) is 5.65. The Hall–Kier alpha value is -1.62. The van der Waals surface area contributed by atoms with Crippen LogP contribution in [0.25, 0.3) is 0 Å². The zero-order valence-electron chi connectivity index (χ0n) is 11.1. The maximum absolute atomic E-state index is 9.76. The third kappa shape index (κ3) is 4.33. The zero-order chi connectivity index (χ0) is 13.7. The van der Waals surface area contributed by atoms with Gasteiger partial charge in [-0.2, -0.15) is 5.10 Å². The Balaban J connectivity index is 2.77. The van der Waals surface area contributed by atoms with Crippen LogP contribution in [0.2, 0.25) is 0 Å². The first-order valence-corrected chi connectivity index (χ1v) is 6.21. The van der Waals surface area contributed by atoms with Gasteiger partial charge in [-0.3, -0.25) is 5.43 Å². The minimum Gasteiger partial charge on any atom is -0.507 e. The molecule has 0 atom stereocenters. The molecule has 3 N–H and O–H groups in total. The lowest BCUT2D eigenvalue weighted by Gasteiger charge is -2.11. The minimum absolute atomic E-state index is 0.214. The molecule has 0 fully saturated rings. The fourth-order valence-electron chi connectivity index (χ4n) is 1.43. The summed E-state index contributed by atoms with van der Waals surface area (Å²) < 4.78 is 0. The predicted molar refractivity (Wildman–Crippen MR) is 79.1 cm³/mol. The van der Waals surface area contributed by atoms with Crippen molar-refractivity contribution in [2.75, 3.05) is 0 Å². The van der Waals surface area contributed by atoms with E-state index < -0.39 is 0 Å². The maximum atomic E-state index is 9.76. The molecular weight excluding hydrogens is 246 g/mol. The molecule has 0 aromatic heterocycles. The number of phenols is 1. The van der Waals surface area contributed by atoms with Gasteiger partial charge < -0.3 is 10.4 Å². The Morgan fingerprint density at radius 2 is 2.06 bits per heavy atom. The van der Waals surface area contributed by atoms with Gasteiger partial charge in [0.25, 0.3) is 0 Å². The summed E-state index contributed by atoms with van der Waals surface area (Å²) in [6.07, 6.45) is 0. The summed E-state index contributed by atoms with van der Waals surface area (Å²) >= 11 is 5.07. The molecule has 5 heteroatoms. The molecule has 0 aliphatic heterocycles. The van der Waals surface area contributed by atoms with Gasteiger partial charge in [-0.1, -0.05) is 11.6 Å². The van der Waals surface area contributed by atoms with Crippen LogP contribution in [0.1, 0.15) is 31.9 Å². The molecular formula is C13H19N3OS. The number of aryl methyl sites for hydroxylation is 1. The van der Waals surface area contributed by atoms with Crippen molar-refractivity contribution < 1.29 is 5.11 Å². The molecule has 0 aliphatic rings. The van der Waals surface area contributed by atoms with E-state index in [1.54, 1.807) is 6.07 Å². The van der Waals surface area contributed by atoms with Crippen molar-refractivity contribution in [1.82, 2.24) is 10.7 Å². The molecule has 1 aromatic carbocycles. The van der Waals surface area contributed by atoms with Crippen LogP contribution < -0.4 is 10.7 Å². The third-order valence-corrected chi connectivity index (χ3v) is 2.50. The second-order valence-corrected chi connectivity index (χ2v) is 4.87. The second-order valence-electron chi connectivity index (χ2n) is 4.46. The lowest BCUT2D eigenvalue weighted by Crippen LogP contribution is -2.37. The Morgan fingerprint density at radius 1 is 1.39 bits per heavy atom. The van der Waals surface area contributed by atoms with Gasteiger partial charge in [-0.15, -0.1) is 0 Å². The number of benzene rings is 1. The van der Waals surface area contributed by atoms with E-state index in [4.69, 9.17) is 12.2 Å². The molecule has 0 saturated heterocycles. The molecule has 1 aromatic rings. The quantitative estimate of drug-likeness (QED) is 0.446. The molecule has 0 bridgehead atoms. The molecule has 0 radical (unpaired) electrons. The van der Waals surface area contributed by atoms with Crippen LogP contribution >= 0.6 is 12.2 Å². The fourth-order valence-corrected chi connectivity index (χ4v) is 1.71. The van der Waals surface area contributed by atoms with Crippen molar-refractivity contribution in [1.29, 1.82) is 0 Å². The smallest absolute Gasteiger partial charge is 0.187 e. The first kappa shape index (κ1) is 14.4. The summed E-state index contributed by atoms with van der Waals surface area (Å²) in [6.45, 7) is 7.78. The van der Waals surface area contributed by atoms with Crippen molar-refractivity contribution in [3.05, 3.63) is 29.3 Å². The number of nitrogens with one attached hydrogen (secondary N) is 2. The van der Waals surface area contributed by atoms with E-state index in [9.17, 15) is 5.11 Å². The number of thiocarbonyl (C=S) groups is 1. The highest BCUT2D eigenvalue weighted by Gasteiger charge is 2.05. The van der Waals surface area contributed by atoms with Gasteiger partial charge in [0.1, 0.15) is 5.75 Å². The van der Waals surface area contributed by atoms with Gasteiger partial charge in [-0.25, -0.2) is 0 Å². The Morgan fingerprint density at radius 3 is 2.67 bits per heavy atom. The van der Waals surface area contributed by atoms with Crippen molar-refractivity contribution in [2.24, 2.45) is 5.10 Å². The summed E-state index contributed by atoms with van der Waals surface area (Å²) in [5.74, 6) is 0.214. The number of aromatic hydroxyl groups is 1. The van der Waals surface area contributed by atoms with Crippen LogP contribution in [0, 0.1) is 6.92 Å². The fraction of sp³-hybridized carbons (Fsp3) is 0.385. The van der Waals surface area contributed by atoms with Gasteiger partial charge in [-0.05, 0) is 52.0 Å². The first-order valence-electron chi connectivity index (χ1n) is 5.81. The lowest BCUT2D eigenvalue weighted by molar-refractivity contribution is 0.474. The van der Waals surface area contributed by atoms with Gasteiger partial charge >= 0.3 is 0 Å². The zero-order valence-corrected chi connectivity index (χ0v) is 11.9. The third-order valence-electron chi connectivity index (χ3n) is 2.29. The van der Waals surface area contributed by atoms with Gasteiger partial charge in [0.05, 0.1) is 5.71 Å². The SMILES string of the molecule is C/C(=N\NC(=S)NC(C)C)c1cc(C)ccc1O. The molecule has 0 saturated carbocycles. The van der Waals surface area contributed by atoms with Crippen LogP contribution in [-0.2, 0) is 0 Å². The van der Waals surface area contributed by atoms with E-state index in [-0.39, 0.29) is 11.8 Å². The topological polar surface area (TPSA) is 56.7 Å². The van der Waals surface area contributed by atoms with E-state index in [2.05, 4.69) is 15.8 Å². The second kappa shape index (κ2) is 6.35. The summed E-state index contributed by atoms with van der Waals surface area (Å²) in [5.41, 5.74) is 5.21. The molecule has 18 heavy (non-hydrogen) atoms. The molecule has 98 valence electrons. The number of hydrogen-bond donors (Lipinski definition) is 3. The van der Waals surface area contributed by atoms with Crippen LogP contribution in [0.5, 0.6) is 5.75 Å². The minimum atomic E-state index is 0.214. The average molecular weight is 265 g/mol. The van der Waals surface area contributed by atoms with Crippen LogP contribution in [0.3, 0.4) is 0 Å². The van der Waals surface area contributed by atoms with Crippen molar-refractivity contribution in [3.8, 4) is 5.75 Å². The molecule has 4 nitrogen and oxygen atoms in total. The van der Waals surface area contributed by atoms with E-state index in [1.165, 1.54) is 0 Å². The number of nitrogens with zero attached hydrogens (tertiary/aromatic N) is 1. The highest BCUT2D eigenvalue weighted by Crippen LogP contribution is 2.18. The van der Waals surface area contributed by atoms with E-state index >= 15 is 0 Å². The largest absolute Gasteiger partial charge is 0.507 e.